The van der Waals surface area contributed by atoms with Crippen molar-refractivity contribution in [3.63, 3.8) is 0 Å². The van der Waals surface area contributed by atoms with Gasteiger partial charge in [-0.1, -0.05) is 18.2 Å². The van der Waals surface area contributed by atoms with Gasteiger partial charge in [0.15, 0.2) is 10.2 Å². The van der Waals surface area contributed by atoms with Gasteiger partial charge >= 0.3 is 12.2 Å². The van der Waals surface area contributed by atoms with Crippen LogP contribution >= 0.6 is 24.4 Å². The molecule has 1 unspecified atom stereocenters. The Labute approximate surface area is 195 Å². The van der Waals surface area contributed by atoms with E-state index in [1.165, 1.54) is 14.2 Å². The molecule has 2 aromatic rings. The number of thiocarbonyl (C=S) groups is 2. The fourth-order valence-corrected chi connectivity index (χ4v) is 2.89. The number of methoxy groups -OCH3 is 2. The van der Waals surface area contributed by atoms with Gasteiger partial charge in [0.1, 0.15) is 17.6 Å². The summed E-state index contributed by atoms with van der Waals surface area (Å²) in [4.78, 5) is 22.8. The van der Waals surface area contributed by atoms with Gasteiger partial charge in [-0.05, 0) is 49.6 Å². The van der Waals surface area contributed by atoms with E-state index in [1.807, 2.05) is 0 Å². The Bertz CT molecular complexity index is 1020. The number of phenols is 1. The molecule has 0 fully saturated rings. The summed E-state index contributed by atoms with van der Waals surface area (Å²) in [6, 6.07) is 11.7. The second-order valence-electron chi connectivity index (χ2n) is 6.17. The van der Waals surface area contributed by atoms with E-state index in [-0.39, 0.29) is 16.0 Å². The number of anilines is 2. The second kappa shape index (κ2) is 11.7. The van der Waals surface area contributed by atoms with Crippen molar-refractivity contribution < 1.29 is 28.9 Å². The Morgan fingerprint density at radius 1 is 0.906 bits per heavy atom. The predicted octanol–water partition coefficient (Wildman–Crippen LogP) is 3.64. The number of ether oxygens (including phenoxy) is 3. The number of para-hydroxylation sites is 1. The highest BCUT2D eigenvalue weighted by Gasteiger charge is 2.15. The summed E-state index contributed by atoms with van der Waals surface area (Å²) in [7, 11) is 2.41. The van der Waals surface area contributed by atoms with Crippen LogP contribution in [0.3, 0.4) is 0 Å². The number of hydrogen-bond acceptors (Lipinski definition) is 8. The molecule has 0 saturated heterocycles. The number of phenolic OH excluding ortho intramolecular Hbond substituents is 1. The van der Waals surface area contributed by atoms with Crippen molar-refractivity contribution in [2.75, 3.05) is 24.9 Å². The molecule has 0 aromatic heterocycles. The number of amides is 2. The van der Waals surface area contributed by atoms with Crippen LogP contribution in [-0.4, -0.2) is 41.7 Å². The van der Waals surface area contributed by atoms with Crippen molar-refractivity contribution in [1.29, 1.82) is 0 Å². The molecule has 2 aromatic carbocycles. The lowest BCUT2D eigenvalue weighted by Crippen LogP contribution is -2.35. The number of alkyl carbamates (subject to hydrolysis) is 2. The van der Waals surface area contributed by atoms with Crippen molar-refractivity contribution in [2.24, 2.45) is 0 Å². The van der Waals surface area contributed by atoms with Crippen LogP contribution in [0.25, 0.3) is 0 Å². The molecule has 0 radical (unpaired) electrons. The van der Waals surface area contributed by atoms with Crippen LogP contribution in [0.4, 0.5) is 21.0 Å². The third-order valence-corrected chi connectivity index (χ3v) is 4.39. The molecule has 10 nitrogen and oxygen atoms in total. The van der Waals surface area contributed by atoms with Crippen LogP contribution in [0, 0.1) is 0 Å². The lowest BCUT2D eigenvalue weighted by molar-refractivity contribution is 0.176. The van der Waals surface area contributed by atoms with Gasteiger partial charge in [-0.25, -0.2) is 9.59 Å². The zero-order valence-corrected chi connectivity index (χ0v) is 19.1. The van der Waals surface area contributed by atoms with Crippen LogP contribution in [0.15, 0.2) is 42.5 Å². The number of nitrogens with one attached hydrogen (secondary N) is 4. The minimum atomic E-state index is -0.750. The molecular weight excluding hydrogens is 456 g/mol. The number of carbonyl (C=O) groups excluding carboxylic acids is 2. The average Bonchev–Trinajstić information content (AvgIpc) is 2.75. The SMILES string of the molecule is COC(=O)NC(=S)Nc1ccc(OC(C)c2ccccc2O)cc1NC(=S)NC(=O)OC. The minimum Gasteiger partial charge on any atom is -0.508 e. The molecule has 0 aliphatic heterocycles. The van der Waals surface area contributed by atoms with Gasteiger partial charge in [-0.15, -0.1) is 0 Å². The molecule has 0 bridgehead atoms. The lowest BCUT2D eigenvalue weighted by atomic mass is 10.1. The zero-order chi connectivity index (χ0) is 23.7. The van der Waals surface area contributed by atoms with Crippen LogP contribution in [0.1, 0.15) is 18.6 Å². The van der Waals surface area contributed by atoms with Crippen molar-refractivity contribution in [3.8, 4) is 11.5 Å². The topological polar surface area (TPSA) is 130 Å². The summed E-state index contributed by atoms with van der Waals surface area (Å²) in [5.74, 6) is 0.542. The van der Waals surface area contributed by atoms with E-state index in [2.05, 4.69) is 30.7 Å². The molecule has 170 valence electrons. The lowest BCUT2D eigenvalue weighted by Gasteiger charge is -2.19. The fourth-order valence-electron chi connectivity index (χ4n) is 2.50. The van der Waals surface area contributed by atoms with Crippen LogP contribution in [0.5, 0.6) is 11.5 Å². The van der Waals surface area contributed by atoms with Crippen LogP contribution < -0.4 is 26.0 Å². The van der Waals surface area contributed by atoms with E-state index in [0.29, 0.717) is 22.7 Å². The number of hydrogen-bond donors (Lipinski definition) is 5. The number of aromatic hydroxyl groups is 1. The number of benzene rings is 2. The highest BCUT2D eigenvalue weighted by atomic mass is 32.1. The summed E-state index contributed by atoms with van der Waals surface area (Å²) >= 11 is 10.2. The first-order chi connectivity index (χ1) is 15.2. The van der Waals surface area contributed by atoms with Gasteiger partial charge in [0.05, 0.1) is 25.6 Å². The minimum absolute atomic E-state index is 0.0250. The predicted molar refractivity (Wildman–Crippen MR) is 127 cm³/mol. The van der Waals surface area contributed by atoms with Gasteiger partial charge in [0.25, 0.3) is 0 Å². The molecular formula is C20H22N4O6S2. The highest BCUT2D eigenvalue weighted by molar-refractivity contribution is 7.80. The monoisotopic (exact) mass is 478 g/mol. The maximum atomic E-state index is 11.4. The molecule has 0 aliphatic carbocycles. The fraction of sp³-hybridized carbons (Fsp3) is 0.200. The van der Waals surface area contributed by atoms with Gasteiger partial charge in [-0.2, -0.15) is 0 Å². The number of carbonyl (C=O) groups is 2. The summed E-state index contributed by atoms with van der Waals surface area (Å²) in [6.07, 6.45) is -1.96. The second-order valence-corrected chi connectivity index (χ2v) is 6.98. The van der Waals surface area contributed by atoms with Crippen LogP contribution in [-0.2, 0) is 9.47 Å². The maximum absolute atomic E-state index is 11.4. The van der Waals surface area contributed by atoms with Gasteiger partial charge in [0, 0.05) is 11.6 Å². The zero-order valence-electron chi connectivity index (χ0n) is 17.4. The van der Waals surface area contributed by atoms with E-state index >= 15 is 0 Å². The first-order valence-corrected chi connectivity index (χ1v) is 9.95. The van der Waals surface area contributed by atoms with E-state index in [1.54, 1.807) is 49.4 Å². The average molecular weight is 479 g/mol. The molecule has 12 heteroatoms. The molecule has 0 heterocycles. The Kier molecular flexibility index (Phi) is 8.98. The molecule has 0 aliphatic rings. The molecule has 1 atom stereocenters. The van der Waals surface area contributed by atoms with Crippen molar-refractivity contribution >= 4 is 58.2 Å². The summed E-state index contributed by atoms with van der Waals surface area (Å²) in [5, 5.41) is 20.3. The first kappa shape index (κ1) is 24.6. The number of rotatable bonds is 5. The quantitative estimate of drug-likeness (QED) is 0.406. The van der Waals surface area contributed by atoms with Gasteiger partial charge in [-0.3, -0.25) is 10.6 Å². The Hall–Kier alpha value is -3.64. The summed E-state index contributed by atoms with van der Waals surface area (Å²) in [5.41, 5.74) is 1.40. The maximum Gasteiger partial charge on any atom is 0.413 e. The molecule has 32 heavy (non-hydrogen) atoms. The molecule has 2 amide bonds. The third kappa shape index (κ3) is 7.25. The molecule has 2 rings (SSSR count). The van der Waals surface area contributed by atoms with Crippen molar-refractivity contribution in [1.82, 2.24) is 10.6 Å². The molecule has 5 N–H and O–H groups in total. The Morgan fingerprint density at radius 2 is 1.47 bits per heavy atom. The molecule has 0 spiro atoms. The Morgan fingerprint density at radius 3 is 2.03 bits per heavy atom. The summed E-state index contributed by atoms with van der Waals surface area (Å²) in [6.45, 7) is 1.78. The van der Waals surface area contributed by atoms with Crippen LogP contribution in [0.2, 0.25) is 0 Å². The normalized spacial score (nSPS) is 10.8. The van der Waals surface area contributed by atoms with E-state index < -0.39 is 18.3 Å². The van der Waals surface area contributed by atoms with Crippen molar-refractivity contribution in [3.05, 3.63) is 48.0 Å². The van der Waals surface area contributed by atoms with E-state index in [0.717, 1.165) is 0 Å². The summed E-state index contributed by atoms with van der Waals surface area (Å²) < 4.78 is 15.0. The van der Waals surface area contributed by atoms with Crippen molar-refractivity contribution in [2.45, 2.75) is 13.0 Å². The molecule has 0 saturated carbocycles. The Balaban J connectivity index is 2.26. The van der Waals surface area contributed by atoms with Gasteiger partial charge < -0.3 is 30.0 Å². The van der Waals surface area contributed by atoms with E-state index in [4.69, 9.17) is 29.2 Å². The largest absolute Gasteiger partial charge is 0.508 e. The first-order valence-electron chi connectivity index (χ1n) is 9.14. The van der Waals surface area contributed by atoms with Gasteiger partial charge in [0.2, 0.25) is 0 Å². The standard InChI is InChI=1S/C20H22N4O6S2/c1-11(13-6-4-5-7-16(13)25)30-12-8-9-14(21-17(31)23-19(26)28-2)15(10-12)22-18(32)24-20(27)29-3/h4-11,25H,1-3H3,(H2,21,23,26,31)(H2,22,24,27,32). The smallest absolute Gasteiger partial charge is 0.413 e. The van der Waals surface area contributed by atoms with E-state index in [9.17, 15) is 14.7 Å². The highest BCUT2D eigenvalue weighted by Crippen LogP contribution is 2.32. The third-order valence-electron chi connectivity index (χ3n) is 3.98.